The molecule has 1 aliphatic rings. The minimum atomic E-state index is -0.496. The topological polar surface area (TPSA) is 59.6 Å². The van der Waals surface area contributed by atoms with Crippen molar-refractivity contribution in [3.8, 4) is 0 Å². The molecule has 22 heavy (non-hydrogen) atoms. The number of carbonyl (C=O) groups is 1. The molecule has 0 saturated carbocycles. The monoisotopic (exact) mass is 306 g/mol. The highest BCUT2D eigenvalue weighted by molar-refractivity contribution is 5.85. The van der Waals surface area contributed by atoms with Crippen LogP contribution in [0.4, 0.5) is 16.2 Å². The fourth-order valence-corrected chi connectivity index (χ4v) is 2.40. The highest BCUT2D eigenvalue weighted by Gasteiger charge is 2.22. The molecule has 2 atom stereocenters. The van der Waals surface area contributed by atoms with Crippen LogP contribution in [-0.4, -0.2) is 30.9 Å². The van der Waals surface area contributed by atoms with E-state index in [4.69, 9.17) is 9.47 Å². The molecule has 5 heteroatoms. The summed E-state index contributed by atoms with van der Waals surface area (Å²) in [4.78, 5) is 11.7. The Morgan fingerprint density at radius 3 is 2.45 bits per heavy atom. The number of rotatable bonds is 4. The molecule has 122 valence electrons. The lowest BCUT2D eigenvalue weighted by molar-refractivity contribution is 0.0636. The molecular formula is C17H26N2O3. The van der Waals surface area contributed by atoms with Crippen LogP contribution in [0.5, 0.6) is 0 Å². The smallest absolute Gasteiger partial charge is 0.412 e. The lowest BCUT2D eigenvalue weighted by Crippen LogP contribution is -2.27. The van der Waals surface area contributed by atoms with Gasteiger partial charge in [-0.1, -0.05) is 0 Å². The van der Waals surface area contributed by atoms with E-state index in [0.29, 0.717) is 12.0 Å². The number of anilines is 2. The maximum absolute atomic E-state index is 11.7. The summed E-state index contributed by atoms with van der Waals surface area (Å²) in [7, 11) is 0. The molecule has 0 bridgehead atoms. The molecule has 1 heterocycles. The summed E-state index contributed by atoms with van der Waals surface area (Å²) >= 11 is 0. The third-order valence-corrected chi connectivity index (χ3v) is 3.60. The lowest BCUT2D eigenvalue weighted by Gasteiger charge is -2.21. The minimum Gasteiger partial charge on any atom is -0.444 e. The number of hydrogen-bond acceptors (Lipinski definition) is 4. The third kappa shape index (κ3) is 5.22. The second kappa shape index (κ2) is 7.01. The van der Waals surface area contributed by atoms with E-state index in [1.807, 2.05) is 45.0 Å². The molecule has 0 spiro atoms. The van der Waals surface area contributed by atoms with Gasteiger partial charge in [0.25, 0.3) is 0 Å². The van der Waals surface area contributed by atoms with Crippen LogP contribution in [0, 0.1) is 5.92 Å². The predicted molar refractivity (Wildman–Crippen MR) is 88.3 cm³/mol. The quantitative estimate of drug-likeness (QED) is 0.886. The Morgan fingerprint density at radius 2 is 1.91 bits per heavy atom. The number of carbonyl (C=O) groups excluding carboxylic acids is 1. The fraction of sp³-hybridized carbons (Fsp3) is 0.588. The van der Waals surface area contributed by atoms with Gasteiger partial charge in [0.15, 0.2) is 0 Å². The van der Waals surface area contributed by atoms with Gasteiger partial charge in [-0.05, 0) is 58.4 Å². The van der Waals surface area contributed by atoms with E-state index >= 15 is 0 Å². The summed E-state index contributed by atoms with van der Waals surface area (Å²) in [6.45, 7) is 9.38. The molecule has 1 amide bonds. The van der Waals surface area contributed by atoms with Crippen LogP contribution in [0.3, 0.4) is 0 Å². The predicted octanol–water partition coefficient (Wildman–Crippen LogP) is 3.87. The van der Waals surface area contributed by atoms with Gasteiger partial charge in [-0.3, -0.25) is 5.32 Å². The number of benzene rings is 1. The van der Waals surface area contributed by atoms with Gasteiger partial charge >= 0.3 is 6.09 Å². The van der Waals surface area contributed by atoms with Crippen LogP contribution in [0.25, 0.3) is 0 Å². The number of amides is 1. The van der Waals surface area contributed by atoms with Gasteiger partial charge in [-0.15, -0.1) is 0 Å². The van der Waals surface area contributed by atoms with E-state index in [0.717, 1.165) is 31.0 Å². The molecule has 2 unspecified atom stereocenters. The van der Waals surface area contributed by atoms with Crippen molar-refractivity contribution in [2.24, 2.45) is 5.92 Å². The first kappa shape index (κ1) is 16.6. The van der Waals surface area contributed by atoms with E-state index in [1.165, 1.54) is 0 Å². The maximum atomic E-state index is 11.7. The zero-order valence-electron chi connectivity index (χ0n) is 13.8. The molecule has 0 aliphatic carbocycles. The zero-order chi connectivity index (χ0) is 16.2. The Labute approximate surface area is 132 Å². The minimum absolute atomic E-state index is 0.368. The zero-order valence-corrected chi connectivity index (χ0v) is 13.8. The molecule has 0 aromatic heterocycles. The normalized spacial score (nSPS) is 19.5. The molecule has 1 aromatic carbocycles. The first-order valence-electron chi connectivity index (χ1n) is 7.78. The van der Waals surface area contributed by atoms with Crippen LogP contribution >= 0.6 is 0 Å². The van der Waals surface area contributed by atoms with Crippen molar-refractivity contribution in [2.75, 3.05) is 23.8 Å². The van der Waals surface area contributed by atoms with Crippen molar-refractivity contribution < 1.29 is 14.3 Å². The maximum Gasteiger partial charge on any atom is 0.412 e. The van der Waals surface area contributed by atoms with E-state index in [1.54, 1.807) is 0 Å². The van der Waals surface area contributed by atoms with Crippen LogP contribution in [0.15, 0.2) is 24.3 Å². The summed E-state index contributed by atoms with van der Waals surface area (Å²) < 4.78 is 10.6. The van der Waals surface area contributed by atoms with Gasteiger partial charge in [0, 0.05) is 29.9 Å². The largest absolute Gasteiger partial charge is 0.444 e. The molecular weight excluding hydrogens is 280 g/mol. The van der Waals surface area contributed by atoms with Crippen molar-refractivity contribution in [1.82, 2.24) is 0 Å². The van der Waals surface area contributed by atoms with Crippen molar-refractivity contribution in [1.29, 1.82) is 0 Å². The van der Waals surface area contributed by atoms with Crippen molar-refractivity contribution in [2.45, 2.75) is 45.8 Å². The summed E-state index contributed by atoms with van der Waals surface area (Å²) in [5.74, 6) is 0.555. The van der Waals surface area contributed by atoms with Gasteiger partial charge in [-0.2, -0.15) is 0 Å². The van der Waals surface area contributed by atoms with Gasteiger partial charge in [0.1, 0.15) is 5.60 Å². The molecule has 1 aromatic rings. The average molecular weight is 306 g/mol. The van der Waals surface area contributed by atoms with Crippen LogP contribution in [0.1, 0.15) is 34.1 Å². The van der Waals surface area contributed by atoms with E-state index < -0.39 is 11.7 Å². The van der Waals surface area contributed by atoms with Crippen molar-refractivity contribution >= 4 is 17.5 Å². The Balaban J connectivity index is 1.86. The summed E-state index contributed by atoms with van der Waals surface area (Å²) in [6, 6.07) is 8.01. The van der Waals surface area contributed by atoms with E-state index in [-0.39, 0.29) is 0 Å². The Hall–Kier alpha value is -1.75. The second-order valence-electron chi connectivity index (χ2n) is 6.76. The molecule has 1 saturated heterocycles. The first-order valence-corrected chi connectivity index (χ1v) is 7.78. The van der Waals surface area contributed by atoms with Crippen LogP contribution in [-0.2, 0) is 9.47 Å². The SMILES string of the molecule is CC(Nc1ccc(NC(=O)OC(C)(C)C)cc1)C1CCOC1. The summed E-state index contributed by atoms with van der Waals surface area (Å²) in [6.07, 6.45) is 0.664. The first-order chi connectivity index (χ1) is 10.3. The molecule has 5 nitrogen and oxygen atoms in total. The van der Waals surface area contributed by atoms with E-state index in [9.17, 15) is 4.79 Å². The Kier molecular flexibility index (Phi) is 5.29. The highest BCUT2D eigenvalue weighted by Crippen LogP contribution is 2.21. The van der Waals surface area contributed by atoms with Gasteiger partial charge in [0.2, 0.25) is 0 Å². The van der Waals surface area contributed by atoms with Crippen molar-refractivity contribution in [3.05, 3.63) is 24.3 Å². The summed E-state index contributed by atoms with van der Waals surface area (Å²) in [5, 5.41) is 6.20. The van der Waals surface area contributed by atoms with Crippen LogP contribution < -0.4 is 10.6 Å². The average Bonchev–Trinajstić information content (AvgIpc) is 2.92. The molecule has 1 fully saturated rings. The van der Waals surface area contributed by atoms with Gasteiger partial charge in [0.05, 0.1) is 6.61 Å². The molecule has 0 radical (unpaired) electrons. The molecule has 2 N–H and O–H groups in total. The van der Waals surface area contributed by atoms with Crippen molar-refractivity contribution in [3.63, 3.8) is 0 Å². The third-order valence-electron chi connectivity index (χ3n) is 3.60. The second-order valence-corrected chi connectivity index (χ2v) is 6.76. The highest BCUT2D eigenvalue weighted by atomic mass is 16.6. The van der Waals surface area contributed by atoms with Gasteiger partial charge < -0.3 is 14.8 Å². The Morgan fingerprint density at radius 1 is 1.27 bits per heavy atom. The molecule has 2 rings (SSSR count). The van der Waals surface area contributed by atoms with Crippen LogP contribution in [0.2, 0.25) is 0 Å². The standard InChI is InChI=1S/C17H26N2O3/c1-12(13-9-10-21-11-13)18-14-5-7-15(8-6-14)19-16(20)22-17(2,3)4/h5-8,12-13,18H,9-11H2,1-4H3,(H,19,20). The Bertz CT molecular complexity index is 488. The number of hydrogen-bond donors (Lipinski definition) is 2. The molecule has 1 aliphatic heterocycles. The number of nitrogens with one attached hydrogen (secondary N) is 2. The lowest BCUT2D eigenvalue weighted by atomic mass is 10.0. The summed E-state index contributed by atoms with van der Waals surface area (Å²) in [5.41, 5.74) is 1.26. The van der Waals surface area contributed by atoms with E-state index in [2.05, 4.69) is 17.6 Å². The number of ether oxygens (including phenoxy) is 2. The van der Waals surface area contributed by atoms with Gasteiger partial charge in [-0.25, -0.2) is 4.79 Å². The fourth-order valence-electron chi connectivity index (χ4n) is 2.40.